The van der Waals surface area contributed by atoms with E-state index in [1.54, 1.807) is 16.9 Å². The third-order valence-corrected chi connectivity index (χ3v) is 4.90. The molecule has 1 unspecified atom stereocenters. The van der Waals surface area contributed by atoms with E-state index in [1.165, 1.54) is 0 Å². The fourth-order valence-electron chi connectivity index (χ4n) is 3.13. The summed E-state index contributed by atoms with van der Waals surface area (Å²) < 4.78 is 7.74. The van der Waals surface area contributed by atoms with Crippen molar-refractivity contribution in [2.24, 2.45) is 5.92 Å². The first-order valence-electron chi connectivity index (χ1n) is 9.11. The summed E-state index contributed by atoms with van der Waals surface area (Å²) in [7, 11) is 0. The van der Waals surface area contributed by atoms with E-state index in [1.807, 2.05) is 18.3 Å². The van der Waals surface area contributed by atoms with E-state index < -0.39 is 0 Å². The number of rotatable bonds is 4. The molecule has 142 valence electrons. The molecule has 7 nitrogen and oxygen atoms in total. The maximum atomic E-state index is 5.95. The average molecular weight is 387 g/mol. The summed E-state index contributed by atoms with van der Waals surface area (Å²) in [6.45, 7) is 8.82. The summed E-state index contributed by atoms with van der Waals surface area (Å²) in [5.41, 5.74) is 1.84. The average Bonchev–Trinajstić information content (AvgIpc) is 3.27. The molecule has 0 spiro atoms. The summed E-state index contributed by atoms with van der Waals surface area (Å²) >= 11 is 5.86. The normalized spacial score (nSPS) is 17.6. The molecule has 0 bridgehead atoms. The van der Waals surface area contributed by atoms with Gasteiger partial charge in [0.25, 0.3) is 0 Å². The van der Waals surface area contributed by atoms with Crippen LogP contribution in [0.25, 0.3) is 5.65 Å². The van der Waals surface area contributed by atoms with Crippen LogP contribution in [0.5, 0.6) is 5.88 Å². The second kappa shape index (κ2) is 6.96. The van der Waals surface area contributed by atoms with Gasteiger partial charge in [0.15, 0.2) is 5.65 Å². The number of aromatic nitrogens is 5. The second-order valence-electron chi connectivity index (χ2n) is 7.96. The molecule has 0 N–H and O–H groups in total. The molecule has 27 heavy (non-hydrogen) atoms. The van der Waals surface area contributed by atoms with Crippen LogP contribution < -0.4 is 9.64 Å². The second-order valence-corrected chi connectivity index (χ2v) is 8.40. The Hall–Kier alpha value is -2.41. The zero-order valence-corrected chi connectivity index (χ0v) is 16.5. The zero-order chi connectivity index (χ0) is 19.0. The quantitative estimate of drug-likeness (QED) is 0.684. The fraction of sp³-hybridized carbons (Fsp3) is 0.474. The van der Waals surface area contributed by atoms with Gasteiger partial charge in [-0.15, -0.1) is 5.10 Å². The van der Waals surface area contributed by atoms with E-state index >= 15 is 0 Å². The van der Waals surface area contributed by atoms with Crippen LogP contribution in [0.4, 0.5) is 5.95 Å². The predicted octanol–water partition coefficient (Wildman–Crippen LogP) is 3.38. The molecule has 3 aromatic rings. The van der Waals surface area contributed by atoms with Gasteiger partial charge in [0.1, 0.15) is 0 Å². The molecule has 1 aliphatic heterocycles. The molecule has 0 radical (unpaired) electrons. The maximum absolute atomic E-state index is 5.95. The van der Waals surface area contributed by atoms with Gasteiger partial charge in [-0.25, -0.2) is 19.5 Å². The summed E-state index contributed by atoms with van der Waals surface area (Å²) in [5.74, 6) is 1.74. The standard InChI is InChI=1S/C19H23ClN6O/c1-19(2,3)15-11-26-16(23-15)4-5-17(24-26)27-12-13-6-7-25(10-13)18-21-8-14(20)9-22-18/h4-5,8-9,11,13H,6-7,10,12H2,1-3H3. The Kier molecular flexibility index (Phi) is 4.63. The lowest BCUT2D eigenvalue weighted by atomic mass is 9.93. The summed E-state index contributed by atoms with van der Waals surface area (Å²) in [4.78, 5) is 15.4. The van der Waals surface area contributed by atoms with Crippen LogP contribution in [-0.2, 0) is 5.41 Å². The van der Waals surface area contributed by atoms with Crippen molar-refractivity contribution < 1.29 is 4.74 Å². The number of imidazole rings is 1. The van der Waals surface area contributed by atoms with Crippen molar-refractivity contribution in [3.8, 4) is 5.88 Å². The predicted molar refractivity (Wildman–Crippen MR) is 105 cm³/mol. The van der Waals surface area contributed by atoms with Crippen LogP contribution in [-0.4, -0.2) is 44.3 Å². The van der Waals surface area contributed by atoms with Crippen molar-refractivity contribution in [2.45, 2.75) is 32.6 Å². The van der Waals surface area contributed by atoms with Crippen LogP contribution >= 0.6 is 11.6 Å². The van der Waals surface area contributed by atoms with Gasteiger partial charge in [-0.05, 0) is 12.5 Å². The van der Waals surface area contributed by atoms with Crippen molar-refractivity contribution in [1.82, 2.24) is 24.6 Å². The van der Waals surface area contributed by atoms with Crippen molar-refractivity contribution >= 4 is 23.2 Å². The lowest BCUT2D eigenvalue weighted by Crippen LogP contribution is -2.23. The summed E-state index contributed by atoms with van der Waals surface area (Å²) in [6, 6.07) is 3.82. The van der Waals surface area contributed by atoms with Crippen LogP contribution in [0, 0.1) is 5.92 Å². The van der Waals surface area contributed by atoms with E-state index in [9.17, 15) is 0 Å². The molecule has 1 aliphatic rings. The van der Waals surface area contributed by atoms with E-state index in [0.717, 1.165) is 36.8 Å². The van der Waals surface area contributed by atoms with E-state index in [-0.39, 0.29) is 5.41 Å². The molecule has 0 saturated carbocycles. The maximum Gasteiger partial charge on any atom is 0.231 e. The first-order valence-corrected chi connectivity index (χ1v) is 9.48. The number of hydrogen-bond acceptors (Lipinski definition) is 6. The van der Waals surface area contributed by atoms with Crippen molar-refractivity contribution in [1.29, 1.82) is 0 Å². The van der Waals surface area contributed by atoms with E-state index in [2.05, 4.69) is 45.7 Å². The molecular formula is C19H23ClN6O. The number of nitrogens with zero attached hydrogens (tertiary/aromatic N) is 6. The molecule has 1 atom stereocenters. The third kappa shape index (κ3) is 3.98. The Bertz CT molecular complexity index is 934. The number of ether oxygens (including phenoxy) is 1. The molecular weight excluding hydrogens is 364 g/mol. The van der Waals surface area contributed by atoms with Gasteiger partial charge in [0.2, 0.25) is 11.8 Å². The molecule has 1 fully saturated rings. The van der Waals surface area contributed by atoms with Crippen LogP contribution in [0.2, 0.25) is 5.02 Å². The fourth-order valence-corrected chi connectivity index (χ4v) is 3.22. The topological polar surface area (TPSA) is 68.4 Å². The highest BCUT2D eigenvalue weighted by Gasteiger charge is 2.25. The Labute approximate surface area is 163 Å². The summed E-state index contributed by atoms with van der Waals surface area (Å²) in [6.07, 6.45) is 6.26. The van der Waals surface area contributed by atoms with Gasteiger partial charge < -0.3 is 9.64 Å². The molecule has 1 saturated heterocycles. The van der Waals surface area contributed by atoms with Gasteiger partial charge in [0, 0.05) is 30.5 Å². The first-order chi connectivity index (χ1) is 12.9. The minimum absolute atomic E-state index is 0.00817. The van der Waals surface area contributed by atoms with E-state index in [0.29, 0.717) is 23.4 Å². The number of halogens is 1. The van der Waals surface area contributed by atoms with Gasteiger partial charge in [-0.3, -0.25) is 0 Å². The monoisotopic (exact) mass is 386 g/mol. The highest BCUT2D eigenvalue weighted by Crippen LogP contribution is 2.24. The van der Waals surface area contributed by atoms with Gasteiger partial charge in [-0.1, -0.05) is 32.4 Å². The number of hydrogen-bond donors (Lipinski definition) is 0. The van der Waals surface area contributed by atoms with Crippen molar-refractivity contribution in [2.75, 3.05) is 24.6 Å². The molecule has 0 aromatic carbocycles. The number of anilines is 1. The minimum Gasteiger partial charge on any atom is -0.476 e. The van der Waals surface area contributed by atoms with Gasteiger partial charge in [-0.2, -0.15) is 0 Å². The molecule has 8 heteroatoms. The van der Waals surface area contributed by atoms with Crippen LogP contribution in [0.15, 0.2) is 30.7 Å². The van der Waals surface area contributed by atoms with Gasteiger partial charge in [0.05, 0.1) is 35.9 Å². The largest absolute Gasteiger partial charge is 0.476 e. The van der Waals surface area contributed by atoms with Gasteiger partial charge >= 0.3 is 0 Å². The SMILES string of the molecule is CC(C)(C)c1cn2nc(OCC3CCN(c4ncc(Cl)cn4)C3)ccc2n1. The molecule has 0 amide bonds. The highest BCUT2D eigenvalue weighted by atomic mass is 35.5. The first kappa shape index (κ1) is 18.0. The Morgan fingerprint density at radius 3 is 2.74 bits per heavy atom. The van der Waals surface area contributed by atoms with Crippen molar-refractivity contribution in [3.05, 3.63) is 41.4 Å². The number of fused-ring (bicyclic) bond motifs is 1. The summed E-state index contributed by atoms with van der Waals surface area (Å²) in [5, 5.41) is 5.09. The Balaban J connectivity index is 1.38. The van der Waals surface area contributed by atoms with Crippen LogP contribution in [0.3, 0.4) is 0 Å². The van der Waals surface area contributed by atoms with Crippen molar-refractivity contribution in [3.63, 3.8) is 0 Å². The minimum atomic E-state index is -0.00817. The smallest absolute Gasteiger partial charge is 0.231 e. The zero-order valence-electron chi connectivity index (χ0n) is 15.8. The third-order valence-electron chi connectivity index (χ3n) is 4.71. The molecule has 4 heterocycles. The lowest BCUT2D eigenvalue weighted by Gasteiger charge is -2.16. The molecule has 4 rings (SSSR count). The Morgan fingerprint density at radius 1 is 1.22 bits per heavy atom. The molecule has 0 aliphatic carbocycles. The molecule has 3 aromatic heterocycles. The van der Waals surface area contributed by atoms with E-state index in [4.69, 9.17) is 16.3 Å². The van der Waals surface area contributed by atoms with Crippen LogP contribution in [0.1, 0.15) is 32.9 Å². The lowest BCUT2D eigenvalue weighted by molar-refractivity contribution is 0.248. The Morgan fingerprint density at radius 2 is 2.00 bits per heavy atom. The highest BCUT2D eigenvalue weighted by molar-refractivity contribution is 6.30.